The summed E-state index contributed by atoms with van der Waals surface area (Å²) in [6.07, 6.45) is 1.72. The first kappa shape index (κ1) is 13.3. The van der Waals surface area contributed by atoms with Gasteiger partial charge in [-0.25, -0.2) is 4.79 Å². The van der Waals surface area contributed by atoms with Crippen molar-refractivity contribution in [2.75, 3.05) is 38.2 Å². The fourth-order valence-corrected chi connectivity index (χ4v) is 1.70. The van der Waals surface area contributed by atoms with Crippen molar-refractivity contribution in [1.29, 1.82) is 0 Å². The van der Waals surface area contributed by atoms with Crippen LogP contribution >= 0.6 is 0 Å². The van der Waals surface area contributed by atoms with E-state index in [1.807, 2.05) is 0 Å². The van der Waals surface area contributed by atoms with Gasteiger partial charge in [0.15, 0.2) is 5.82 Å². The zero-order valence-corrected chi connectivity index (χ0v) is 10.8. The van der Waals surface area contributed by atoms with Crippen molar-refractivity contribution in [3.05, 3.63) is 12.3 Å². The number of aryl methyl sites for hydroxylation is 1. The Morgan fingerprint density at radius 3 is 2.79 bits per heavy atom. The Kier molecular flexibility index (Phi) is 4.35. The maximum Gasteiger partial charge on any atom is 0.317 e. The SMILES string of the molecule is Cn1ccc(NC(=O)CNC(=O)N2CCOCC2)n1. The molecule has 1 aromatic heterocycles. The number of aromatic nitrogens is 2. The Hall–Kier alpha value is -2.09. The second-order valence-electron chi connectivity index (χ2n) is 4.18. The molecule has 2 rings (SSSR count). The molecule has 8 nitrogen and oxygen atoms in total. The number of hydrogen-bond donors (Lipinski definition) is 2. The summed E-state index contributed by atoms with van der Waals surface area (Å²) >= 11 is 0. The first-order valence-electron chi connectivity index (χ1n) is 6.05. The molecular formula is C11H17N5O3. The van der Waals surface area contributed by atoms with Gasteiger partial charge in [-0.05, 0) is 0 Å². The molecule has 1 aliphatic heterocycles. The Bertz CT molecular complexity index is 453. The molecule has 1 saturated heterocycles. The minimum Gasteiger partial charge on any atom is -0.378 e. The average Bonchev–Trinajstić information content (AvgIpc) is 2.82. The van der Waals surface area contributed by atoms with E-state index in [0.29, 0.717) is 32.1 Å². The third-order valence-corrected chi connectivity index (χ3v) is 2.68. The Labute approximate surface area is 110 Å². The lowest BCUT2D eigenvalue weighted by Crippen LogP contribution is -2.47. The van der Waals surface area contributed by atoms with E-state index in [2.05, 4.69) is 15.7 Å². The Balaban J connectivity index is 1.72. The van der Waals surface area contributed by atoms with Crippen LogP contribution < -0.4 is 10.6 Å². The van der Waals surface area contributed by atoms with Gasteiger partial charge in [0.2, 0.25) is 5.91 Å². The number of hydrogen-bond acceptors (Lipinski definition) is 4. The van der Waals surface area contributed by atoms with Gasteiger partial charge in [-0.15, -0.1) is 0 Å². The van der Waals surface area contributed by atoms with E-state index in [1.54, 1.807) is 28.9 Å². The fourth-order valence-electron chi connectivity index (χ4n) is 1.70. The lowest BCUT2D eigenvalue weighted by atomic mass is 10.4. The molecule has 0 bridgehead atoms. The third kappa shape index (κ3) is 3.95. The highest BCUT2D eigenvalue weighted by molar-refractivity contribution is 5.93. The summed E-state index contributed by atoms with van der Waals surface area (Å²) in [7, 11) is 1.76. The summed E-state index contributed by atoms with van der Waals surface area (Å²) in [5.41, 5.74) is 0. The third-order valence-electron chi connectivity index (χ3n) is 2.68. The number of ether oxygens (including phenoxy) is 1. The van der Waals surface area contributed by atoms with Crippen LogP contribution in [0.15, 0.2) is 12.3 Å². The molecule has 1 aromatic rings. The van der Waals surface area contributed by atoms with Gasteiger partial charge in [-0.3, -0.25) is 9.48 Å². The van der Waals surface area contributed by atoms with Crippen molar-refractivity contribution in [3.8, 4) is 0 Å². The van der Waals surface area contributed by atoms with E-state index in [4.69, 9.17) is 4.74 Å². The number of rotatable bonds is 3. The molecule has 8 heteroatoms. The smallest absolute Gasteiger partial charge is 0.317 e. The molecule has 0 aliphatic carbocycles. The highest BCUT2D eigenvalue weighted by atomic mass is 16.5. The predicted octanol–water partition coefficient (Wildman–Crippen LogP) is -0.600. The van der Waals surface area contributed by atoms with E-state index in [0.717, 1.165) is 0 Å². The number of urea groups is 1. The van der Waals surface area contributed by atoms with Gasteiger partial charge < -0.3 is 20.3 Å². The van der Waals surface area contributed by atoms with Crippen LogP contribution in [0.2, 0.25) is 0 Å². The Morgan fingerprint density at radius 2 is 2.16 bits per heavy atom. The molecule has 0 aromatic carbocycles. The van der Waals surface area contributed by atoms with E-state index in [-0.39, 0.29) is 18.5 Å². The first-order valence-corrected chi connectivity index (χ1v) is 6.05. The molecule has 0 radical (unpaired) electrons. The lowest BCUT2D eigenvalue weighted by molar-refractivity contribution is -0.115. The second-order valence-corrected chi connectivity index (χ2v) is 4.18. The fraction of sp³-hybridized carbons (Fsp3) is 0.545. The molecule has 2 N–H and O–H groups in total. The zero-order valence-electron chi connectivity index (χ0n) is 10.8. The molecule has 2 heterocycles. The number of nitrogens with zero attached hydrogens (tertiary/aromatic N) is 3. The van der Waals surface area contributed by atoms with Crippen LogP contribution in [0.3, 0.4) is 0 Å². The first-order chi connectivity index (χ1) is 9.15. The van der Waals surface area contributed by atoms with Crippen molar-refractivity contribution >= 4 is 17.8 Å². The maximum atomic E-state index is 11.7. The second kappa shape index (κ2) is 6.19. The Morgan fingerprint density at radius 1 is 1.42 bits per heavy atom. The van der Waals surface area contributed by atoms with Gasteiger partial charge in [-0.2, -0.15) is 5.10 Å². The number of nitrogens with one attached hydrogen (secondary N) is 2. The summed E-state index contributed by atoms with van der Waals surface area (Å²) in [6, 6.07) is 1.43. The van der Waals surface area contributed by atoms with Gasteiger partial charge >= 0.3 is 6.03 Å². The van der Waals surface area contributed by atoms with E-state index < -0.39 is 0 Å². The topological polar surface area (TPSA) is 88.5 Å². The van der Waals surface area contributed by atoms with Crippen LogP contribution in [-0.4, -0.2) is 59.5 Å². The van der Waals surface area contributed by atoms with Gasteiger partial charge in [-0.1, -0.05) is 0 Å². The van der Waals surface area contributed by atoms with Crippen LogP contribution in [0.5, 0.6) is 0 Å². The van der Waals surface area contributed by atoms with Gasteiger partial charge in [0.05, 0.1) is 19.8 Å². The summed E-state index contributed by atoms with van der Waals surface area (Å²) in [6.45, 7) is 2.09. The molecule has 104 valence electrons. The summed E-state index contributed by atoms with van der Waals surface area (Å²) in [4.78, 5) is 24.9. The number of anilines is 1. The lowest BCUT2D eigenvalue weighted by Gasteiger charge is -2.26. The van der Waals surface area contributed by atoms with Crippen LogP contribution in [0, 0.1) is 0 Å². The minimum absolute atomic E-state index is 0.0766. The summed E-state index contributed by atoms with van der Waals surface area (Å²) < 4.78 is 6.73. The van der Waals surface area contributed by atoms with E-state index in [9.17, 15) is 9.59 Å². The highest BCUT2D eigenvalue weighted by Gasteiger charge is 2.17. The van der Waals surface area contributed by atoms with Crippen molar-refractivity contribution in [3.63, 3.8) is 0 Å². The van der Waals surface area contributed by atoms with E-state index >= 15 is 0 Å². The van der Waals surface area contributed by atoms with Crippen molar-refractivity contribution in [2.24, 2.45) is 7.05 Å². The number of carbonyl (C=O) groups is 2. The molecule has 0 atom stereocenters. The summed E-state index contributed by atoms with van der Waals surface area (Å²) in [5, 5.41) is 9.17. The van der Waals surface area contributed by atoms with Gasteiger partial charge in [0.1, 0.15) is 0 Å². The average molecular weight is 267 g/mol. The van der Waals surface area contributed by atoms with Crippen molar-refractivity contribution < 1.29 is 14.3 Å². The summed E-state index contributed by atoms with van der Waals surface area (Å²) in [5.74, 6) is 0.161. The molecule has 0 saturated carbocycles. The van der Waals surface area contributed by atoms with Crippen LogP contribution in [0.1, 0.15) is 0 Å². The largest absolute Gasteiger partial charge is 0.378 e. The van der Waals surface area contributed by atoms with Crippen molar-refractivity contribution in [2.45, 2.75) is 0 Å². The van der Waals surface area contributed by atoms with Crippen LogP contribution in [-0.2, 0) is 16.6 Å². The standard InChI is InChI=1S/C11H17N5O3/c1-15-3-2-9(14-15)13-10(17)8-12-11(18)16-4-6-19-7-5-16/h2-3H,4-8H2,1H3,(H,12,18)(H,13,14,17). The number of morpholine rings is 1. The molecule has 19 heavy (non-hydrogen) atoms. The van der Waals surface area contributed by atoms with Gasteiger partial charge in [0.25, 0.3) is 0 Å². The molecular weight excluding hydrogens is 250 g/mol. The zero-order chi connectivity index (χ0) is 13.7. The van der Waals surface area contributed by atoms with E-state index in [1.165, 1.54) is 0 Å². The van der Waals surface area contributed by atoms with Crippen LogP contribution in [0.25, 0.3) is 0 Å². The maximum absolute atomic E-state index is 11.7. The predicted molar refractivity (Wildman–Crippen MR) is 67.6 cm³/mol. The normalized spacial score (nSPS) is 15.1. The van der Waals surface area contributed by atoms with Crippen molar-refractivity contribution in [1.82, 2.24) is 20.0 Å². The highest BCUT2D eigenvalue weighted by Crippen LogP contribution is 2.00. The number of amides is 3. The molecule has 1 fully saturated rings. The molecule has 0 unspecified atom stereocenters. The minimum atomic E-state index is -0.305. The molecule has 3 amide bonds. The molecule has 1 aliphatic rings. The van der Waals surface area contributed by atoms with Crippen LogP contribution in [0.4, 0.5) is 10.6 Å². The van der Waals surface area contributed by atoms with Gasteiger partial charge in [0, 0.05) is 32.4 Å². The molecule has 0 spiro atoms. The monoisotopic (exact) mass is 267 g/mol. The quantitative estimate of drug-likeness (QED) is 0.765. The number of carbonyl (C=O) groups excluding carboxylic acids is 2.